The Labute approximate surface area is 146 Å². The van der Waals surface area contributed by atoms with Crippen LogP contribution in [-0.2, 0) is 0 Å². The molecule has 1 aromatic heterocycles. The number of aliphatic hydroxyl groups is 1. The highest BCUT2D eigenvalue weighted by Gasteiger charge is 2.16. The van der Waals surface area contributed by atoms with Gasteiger partial charge in [0.15, 0.2) is 0 Å². The quantitative estimate of drug-likeness (QED) is 0.768. The highest BCUT2D eigenvalue weighted by atomic mass is 16.3. The van der Waals surface area contributed by atoms with Gasteiger partial charge in [0.25, 0.3) is 5.91 Å². The fourth-order valence-electron chi connectivity index (χ4n) is 3.38. The Morgan fingerprint density at radius 2 is 1.92 bits per heavy atom. The van der Waals surface area contributed by atoms with E-state index in [1.54, 1.807) is 12.1 Å². The number of nitrogens with zero attached hydrogens (tertiary/aromatic N) is 1. The second kappa shape index (κ2) is 8.27. The molecule has 1 aromatic carbocycles. The van der Waals surface area contributed by atoms with Crippen molar-refractivity contribution in [1.29, 1.82) is 0 Å². The smallest absolute Gasteiger partial charge is 0.252 e. The molecular formula is C19H25N3O3. The molecule has 0 saturated carbocycles. The summed E-state index contributed by atoms with van der Waals surface area (Å²) in [6.07, 6.45) is 4.21. The molecule has 3 rings (SSSR count). The second-order valence-electron chi connectivity index (χ2n) is 6.67. The number of pyridine rings is 1. The maximum atomic E-state index is 12.5. The summed E-state index contributed by atoms with van der Waals surface area (Å²) in [4.78, 5) is 29.2. The van der Waals surface area contributed by atoms with Gasteiger partial charge < -0.3 is 20.3 Å². The van der Waals surface area contributed by atoms with E-state index in [1.165, 1.54) is 18.9 Å². The van der Waals surface area contributed by atoms with E-state index in [-0.39, 0.29) is 18.0 Å². The topological polar surface area (TPSA) is 85.4 Å². The number of hydrogen-bond acceptors (Lipinski definition) is 4. The molecule has 6 heteroatoms. The van der Waals surface area contributed by atoms with Crippen LogP contribution in [-0.4, -0.2) is 53.2 Å². The molecule has 134 valence electrons. The van der Waals surface area contributed by atoms with Gasteiger partial charge in [0.2, 0.25) is 5.56 Å². The molecule has 0 aliphatic carbocycles. The van der Waals surface area contributed by atoms with Gasteiger partial charge in [0.1, 0.15) is 0 Å². The summed E-state index contributed by atoms with van der Waals surface area (Å²) in [5.41, 5.74) is 0.653. The third-order valence-corrected chi connectivity index (χ3v) is 4.66. The summed E-state index contributed by atoms with van der Waals surface area (Å²) in [5, 5.41) is 13.7. The Hall–Kier alpha value is -2.18. The molecule has 1 amide bonds. The van der Waals surface area contributed by atoms with Crippen LogP contribution < -0.4 is 10.9 Å². The number of benzene rings is 1. The summed E-state index contributed by atoms with van der Waals surface area (Å²) in [6.45, 7) is 2.75. The lowest BCUT2D eigenvalue weighted by molar-refractivity contribution is 0.0864. The molecule has 0 bridgehead atoms. The van der Waals surface area contributed by atoms with E-state index in [2.05, 4.69) is 15.2 Å². The summed E-state index contributed by atoms with van der Waals surface area (Å²) < 4.78 is 0. The number of carbonyl (C=O) groups is 1. The molecule has 2 heterocycles. The predicted octanol–water partition coefficient (Wildman–Crippen LogP) is 1.49. The zero-order valence-electron chi connectivity index (χ0n) is 14.3. The van der Waals surface area contributed by atoms with Crippen molar-refractivity contribution in [3.8, 4) is 0 Å². The molecule has 1 fully saturated rings. The van der Waals surface area contributed by atoms with E-state index >= 15 is 0 Å². The molecule has 1 aliphatic heterocycles. The van der Waals surface area contributed by atoms with Crippen molar-refractivity contribution < 1.29 is 9.90 Å². The van der Waals surface area contributed by atoms with Crippen molar-refractivity contribution in [2.45, 2.75) is 31.8 Å². The number of fused-ring (bicyclic) bond motifs is 1. The number of H-pyrrole nitrogens is 1. The van der Waals surface area contributed by atoms with Gasteiger partial charge in [-0.05, 0) is 32.0 Å². The average Bonchev–Trinajstić information content (AvgIpc) is 2.87. The lowest BCUT2D eigenvalue weighted by Gasteiger charge is -2.23. The van der Waals surface area contributed by atoms with Crippen molar-refractivity contribution in [2.24, 2.45) is 0 Å². The van der Waals surface area contributed by atoms with E-state index in [4.69, 9.17) is 0 Å². The number of aromatic amines is 1. The Morgan fingerprint density at radius 1 is 1.20 bits per heavy atom. The van der Waals surface area contributed by atoms with Gasteiger partial charge >= 0.3 is 0 Å². The maximum Gasteiger partial charge on any atom is 0.252 e. The van der Waals surface area contributed by atoms with Crippen LogP contribution in [0, 0.1) is 0 Å². The Morgan fingerprint density at radius 3 is 2.68 bits per heavy atom. The number of likely N-dealkylation sites (tertiary alicyclic amines) is 1. The first-order chi connectivity index (χ1) is 12.1. The van der Waals surface area contributed by atoms with Crippen molar-refractivity contribution >= 4 is 16.8 Å². The minimum absolute atomic E-state index is 0.177. The van der Waals surface area contributed by atoms with E-state index in [0.29, 0.717) is 23.0 Å². The van der Waals surface area contributed by atoms with Crippen LogP contribution in [0.15, 0.2) is 35.1 Å². The number of amides is 1. The van der Waals surface area contributed by atoms with Gasteiger partial charge in [0.05, 0.1) is 11.7 Å². The van der Waals surface area contributed by atoms with Gasteiger partial charge in [-0.1, -0.05) is 31.0 Å². The average molecular weight is 343 g/mol. The molecule has 0 spiro atoms. The van der Waals surface area contributed by atoms with Crippen LogP contribution in [0.4, 0.5) is 0 Å². The summed E-state index contributed by atoms with van der Waals surface area (Å²) in [5.74, 6) is -0.336. The lowest BCUT2D eigenvalue weighted by Crippen LogP contribution is -2.40. The summed E-state index contributed by atoms with van der Waals surface area (Å²) in [6, 6.07) is 8.50. The van der Waals surface area contributed by atoms with Crippen molar-refractivity contribution in [3.05, 3.63) is 46.2 Å². The third-order valence-electron chi connectivity index (χ3n) is 4.66. The highest BCUT2D eigenvalue weighted by molar-refractivity contribution is 6.05. The monoisotopic (exact) mass is 343 g/mol. The minimum atomic E-state index is -0.615. The molecule has 2 aromatic rings. The molecule has 0 radical (unpaired) electrons. The van der Waals surface area contributed by atoms with Crippen LogP contribution in [0.5, 0.6) is 0 Å². The zero-order chi connectivity index (χ0) is 17.6. The van der Waals surface area contributed by atoms with Crippen LogP contribution in [0.25, 0.3) is 10.9 Å². The molecule has 1 aliphatic rings. The number of aromatic nitrogens is 1. The van der Waals surface area contributed by atoms with Gasteiger partial charge in [-0.2, -0.15) is 0 Å². The van der Waals surface area contributed by atoms with E-state index in [9.17, 15) is 14.7 Å². The standard InChI is InChI=1S/C19H25N3O3/c23-14(13-22-9-5-1-2-6-10-22)12-20-19(25)16-11-18(24)21-17-8-4-3-7-15(16)17/h3-4,7-8,11,14,23H,1-2,5-6,9-10,12-13H2,(H,20,25)(H,21,24). The Bertz CT molecular complexity index is 779. The SMILES string of the molecule is O=C(NCC(O)CN1CCCCCC1)c1cc(=O)[nH]c2ccccc12. The molecular weight excluding hydrogens is 318 g/mol. The molecule has 25 heavy (non-hydrogen) atoms. The summed E-state index contributed by atoms with van der Waals surface area (Å²) >= 11 is 0. The van der Waals surface area contributed by atoms with Gasteiger partial charge in [0, 0.05) is 30.1 Å². The lowest BCUT2D eigenvalue weighted by atomic mass is 10.1. The summed E-state index contributed by atoms with van der Waals surface area (Å²) in [7, 11) is 0. The molecule has 3 N–H and O–H groups in total. The van der Waals surface area contributed by atoms with Crippen LogP contribution in [0.3, 0.4) is 0 Å². The number of hydrogen-bond donors (Lipinski definition) is 3. The number of nitrogens with one attached hydrogen (secondary N) is 2. The van der Waals surface area contributed by atoms with Crippen LogP contribution in [0.2, 0.25) is 0 Å². The first kappa shape index (κ1) is 17.6. The number of carbonyl (C=O) groups excluding carboxylic acids is 1. The van der Waals surface area contributed by atoms with E-state index < -0.39 is 6.10 Å². The molecule has 1 saturated heterocycles. The second-order valence-corrected chi connectivity index (χ2v) is 6.67. The van der Waals surface area contributed by atoms with Crippen LogP contribution >= 0.6 is 0 Å². The van der Waals surface area contributed by atoms with Crippen molar-refractivity contribution in [1.82, 2.24) is 15.2 Å². The highest BCUT2D eigenvalue weighted by Crippen LogP contribution is 2.14. The van der Waals surface area contributed by atoms with E-state index in [0.717, 1.165) is 25.9 Å². The Kier molecular flexibility index (Phi) is 5.83. The minimum Gasteiger partial charge on any atom is -0.390 e. The van der Waals surface area contributed by atoms with Gasteiger partial charge in [-0.15, -0.1) is 0 Å². The van der Waals surface area contributed by atoms with Crippen molar-refractivity contribution in [3.63, 3.8) is 0 Å². The number of aliphatic hydroxyl groups excluding tert-OH is 1. The fraction of sp³-hybridized carbons (Fsp3) is 0.474. The zero-order valence-corrected chi connectivity index (χ0v) is 14.3. The van der Waals surface area contributed by atoms with Gasteiger partial charge in [-0.3, -0.25) is 9.59 Å². The number of rotatable bonds is 5. The number of para-hydroxylation sites is 1. The number of β-amino-alcohol motifs (C(OH)–C–C–N with tert-alkyl or cyclic N) is 1. The van der Waals surface area contributed by atoms with Crippen molar-refractivity contribution in [2.75, 3.05) is 26.2 Å². The normalized spacial score (nSPS) is 17.2. The van der Waals surface area contributed by atoms with Gasteiger partial charge in [-0.25, -0.2) is 0 Å². The fourth-order valence-corrected chi connectivity index (χ4v) is 3.38. The maximum absolute atomic E-state index is 12.5. The Balaban J connectivity index is 1.61. The molecule has 1 unspecified atom stereocenters. The molecule has 1 atom stereocenters. The first-order valence-corrected chi connectivity index (χ1v) is 8.94. The van der Waals surface area contributed by atoms with E-state index in [1.807, 2.05) is 12.1 Å². The third kappa shape index (κ3) is 4.67. The largest absolute Gasteiger partial charge is 0.390 e. The molecule has 6 nitrogen and oxygen atoms in total. The van der Waals surface area contributed by atoms with Crippen LogP contribution in [0.1, 0.15) is 36.0 Å². The first-order valence-electron chi connectivity index (χ1n) is 8.94. The predicted molar refractivity (Wildman–Crippen MR) is 97.8 cm³/mol.